The number of nitrogens with zero attached hydrogens (tertiary/aromatic N) is 2. The summed E-state index contributed by atoms with van der Waals surface area (Å²) in [4.78, 5) is 16.8. The van der Waals surface area contributed by atoms with E-state index in [1.54, 1.807) is 6.07 Å². The Bertz CT molecular complexity index is 916. The Balaban J connectivity index is 1.75. The van der Waals surface area contributed by atoms with E-state index in [1.807, 2.05) is 41.8 Å². The SMILES string of the molecule is CCn1c(=NC(=O)CCOc2ccccc2)sc2cc(F)ccc21. The molecular formula is C18H17FN2O2S. The van der Waals surface area contributed by atoms with Crippen LogP contribution in [0.4, 0.5) is 4.39 Å². The van der Waals surface area contributed by atoms with Gasteiger partial charge in [0, 0.05) is 6.54 Å². The Morgan fingerprint density at radius 1 is 1.25 bits per heavy atom. The van der Waals surface area contributed by atoms with Crippen LogP contribution >= 0.6 is 11.3 Å². The number of carbonyl (C=O) groups is 1. The fourth-order valence-corrected chi connectivity index (χ4v) is 3.51. The van der Waals surface area contributed by atoms with E-state index in [0.29, 0.717) is 11.3 Å². The molecule has 1 heterocycles. The summed E-state index contributed by atoms with van der Waals surface area (Å²) in [6.07, 6.45) is 0.196. The van der Waals surface area contributed by atoms with E-state index in [-0.39, 0.29) is 24.8 Å². The third-order valence-corrected chi connectivity index (χ3v) is 4.55. The molecule has 0 saturated carbocycles. The van der Waals surface area contributed by atoms with Crippen LogP contribution in [0, 0.1) is 5.82 Å². The summed E-state index contributed by atoms with van der Waals surface area (Å²) in [5.41, 5.74) is 0.885. The monoisotopic (exact) mass is 344 g/mol. The fourth-order valence-electron chi connectivity index (χ4n) is 2.37. The number of thiazole rings is 1. The largest absolute Gasteiger partial charge is 0.493 e. The quantitative estimate of drug-likeness (QED) is 0.707. The molecule has 0 aliphatic rings. The normalized spacial score (nSPS) is 11.8. The molecular weight excluding hydrogens is 327 g/mol. The molecule has 0 unspecified atom stereocenters. The van der Waals surface area contributed by atoms with E-state index in [0.717, 1.165) is 16.0 Å². The van der Waals surface area contributed by atoms with E-state index in [9.17, 15) is 9.18 Å². The van der Waals surface area contributed by atoms with Gasteiger partial charge in [-0.1, -0.05) is 29.5 Å². The number of aryl methyl sites for hydroxylation is 1. The number of ether oxygens (including phenoxy) is 1. The first kappa shape index (κ1) is 16.4. The van der Waals surface area contributed by atoms with Crippen LogP contribution in [0.5, 0.6) is 5.75 Å². The Hall–Kier alpha value is -2.47. The fraction of sp³-hybridized carbons (Fsp3) is 0.222. The lowest BCUT2D eigenvalue weighted by atomic mass is 10.3. The molecule has 1 amide bonds. The van der Waals surface area contributed by atoms with Crippen LogP contribution in [0.2, 0.25) is 0 Å². The van der Waals surface area contributed by atoms with Crippen LogP contribution in [0.1, 0.15) is 13.3 Å². The molecule has 0 N–H and O–H groups in total. The van der Waals surface area contributed by atoms with Gasteiger partial charge >= 0.3 is 0 Å². The van der Waals surface area contributed by atoms with Crippen molar-refractivity contribution in [2.24, 2.45) is 4.99 Å². The number of para-hydroxylation sites is 1. The first-order valence-corrected chi connectivity index (χ1v) is 8.53. The lowest BCUT2D eigenvalue weighted by molar-refractivity contribution is -0.118. The van der Waals surface area contributed by atoms with Crippen molar-refractivity contribution in [1.29, 1.82) is 0 Å². The zero-order valence-corrected chi connectivity index (χ0v) is 14.1. The molecule has 0 saturated heterocycles. The van der Waals surface area contributed by atoms with Gasteiger partial charge in [-0.05, 0) is 37.3 Å². The molecule has 2 aromatic carbocycles. The van der Waals surface area contributed by atoms with Gasteiger partial charge < -0.3 is 9.30 Å². The van der Waals surface area contributed by atoms with Gasteiger partial charge in [0.15, 0.2) is 4.80 Å². The highest BCUT2D eigenvalue weighted by Crippen LogP contribution is 2.18. The predicted octanol–water partition coefficient (Wildman–Crippen LogP) is 3.76. The number of carbonyl (C=O) groups excluding carboxylic acids is 1. The third-order valence-electron chi connectivity index (χ3n) is 3.51. The maximum absolute atomic E-state index is 13.4. The van der Waals surface area contributed by atoms with E-state index < -0.39 is 0 Å². The maximum Gasteiger partial charge on any atom is 0.251 e. The molecule has 0 fully saturated rings. The van der Waals surface area contributed by atoms with Gasteiger partial charge in [0.1, 0.15) is 11.6 Å². The number of halogens is 1. The van der Waals surface area contributed by atoms with Gasteiger partial charge in [0.25, 0.3) is 5.91 Å². The van der Waals surface area contributed by atoms with Gasteiger partial charge in [0.2, 0.25) is 0 Å². The standard InChI is InChI=1S/C18H17FN2O2S/c1-2-21-15-9-8-13(19)12-16(15)24-18(21)20-17(22)10-11-23-14-6-4-3-5-7-14/h3-9,12H,2,10-11H2,1H3. The van der Waals surface area contributed by atoms with E-state index in [1.165, 1.54) is 23.5 Å². The summed E-state index contributed by atoms with van der Waals surface area (Å²) in [5, 5.41) is 0. The van der Waals surface area contributed by atoms with E-state index in [2.05, 4.69) is 4.99 Å². The van der Waals surface area contributed by atoms with Crippen molar-refractivity contribution in [3.05, 3.63) is 59.1 Å². The van der Waals surface area contributed by atoms with Crippen LogP contribution < -0.4 is 9.54 Å². The van der Waals surface area contributed by atoms with Crippen molar-refractivity contribution in [3.8, 4) is 5.75 Å². The number of fused-ring (bicyclic) bond motifs is 1. The van der Waals surface area contributed by atoms with E-state index in [4.69, 9.17) is 4.74 Å². The molecule has 0 spiro atoms. The Morgan fingerprint density at radius 3 is 2.79 bits per heavy atom. The summed E-state index contributed by atoms with van der Waals surface area (Å²) < 4.78 is 21.6. The number of amides is 1. The molecule has 4 nitrogen and oxygen atoms in total. The first-order valence-electron chi connectivity index (χ1n) is 7.71. The predicted molar refractivity (Wildman–Crippen MR) is 92.6 cm³/mol. The minimum atomic E-state index is -0.291. The highest BCUT2D eigenvalue weighted by Gasteiger charge is 2.08. The zero-order valence-electron chi connectivity index (χ0n) is 13.2. The van der Waals surface area contributed by atoms with Crippen molar-refractivity contribution >= 4 is 27.5 Å². The van der Waals surface area contributed by atoms with Gasteiger partial charge in [0.05, 0.1) is 23.2 Å². The third kappa shape index (κ3) is 3.71. The molecule has 1 aromatic heterocycles. The summed E-state index contributed by atoms with van der Waals surface area (Å²) in [7, 11) is 0. The molecule has 3 rings (SSSR count). The molecule has 6 heteroatoms. The topological polar surface area (TPSA) is 43.6 Å². The van der Waals surface area contributed by atoms with Gasteiger partial charge in [-0.3, -0.25) is 4.79 Å². The van der Waals surface area contributed by atoms with Crippen LogP contribution in [0.15, 0.2) is 53.5 Å². The second-order valence-electron chi connectivity index (χ2n) is 5.16. The van der Waals surface area contributed by atoms with Crippen molar-refractivity contribution < 1.29 is 13.9 Å². The second-order valence-corrected chi connectivity index (χ2v) is 6.17. The molecule has 0 aliphatic heterocycles. The number of hydrogen-bond donors (Lipinski definition) is 0. The molecule has 0 bridgehead atoms. The average molecular weight is 344 g/mol. The van der Waals surface area contributed by atoms with Gasteiger partial charge in [-0.25, -0.2) is 4.39 Å². The number of rotatable bonds is 5. The Morgan fingerprint density at radius 2 is 2.04 bits per heavy atom. The second kappa shape index (κ2) is 7.40. The molecule has 24 heavy (non-hydrogen) atoms. The smallest absolute Gasteiger partial charge is 0.251 e. The molecule has 3 aromatic rings. The first-order chi connectivity index (χ1) is 11.7. The van der Waals surface area contributed by atoms with Gasteiger partial charge in [-0.15, -0.1) is 0 Å². The van der Waals surface area contributed by atoms with Crippen LogP contribution in [0.25, 0.3) is 10.2 Å². The maximum atomic E-state index is 13.4. The summed E-state index contributed by atoms with van der Waals surface area (Å²) in [6, 6.07) is 13.9. The Labute approximate surface area is 142 Å². The highest BCUT2D eigenvalue weighted by molar-refractivity contribution is 7.16. The average Bonchev–Trinajstić information content (AvgIpc) is 2.91. The number of benzene rings is 2. The van der Waals surface area contributed by atoms with Crippen molar-refractivity contribution in [1.82, 2.24) is 4.57 Å². The van der Waals surface area contributed by atoms with E-state index >= 15 is 0 Å². The lowest BCUT2D eigenvalue weighted by Gasteiger charge is -2.03. The summed E-state index contributed by atoms with van der Waals surface area (Å²) in [5.74, 6) is 0.188. The van der Waals surface area contributed by atoms with Crippen molar-refractivity contribution in [2.45, 2.75) is 19.9 Å². The minimum Gasteiger partial charge on any atom is -0.493 e. The number of aromatic nitrogens is 1. The molecule has 124 valence electrons. The van der Waals surface area contributed by atoms with Crippen LogP contribution in [-0.2, 0) is 11.3 Å². The molecule has 0 aliphatic carbocycles. The molecule has 0 radical (unpaired) electrons. The Kier molecular flexibility index (Phi) is 5.05. The highest BCUT2D eigenvalue weighted by atomic mass is 32.1. The van der Waals surface area contributed by atoms with Gasteiger partial charge in [-0.2, -0.15) is 4.99 Å². The summed E-state index contributed by atoms with van der Waals surface area (Å²) >= 11 is 1.32. The molecule has 0 atom stereocenters. The van der Waals surface area contributed by atoms with Crippen LogP contribution in [-0.4, -0.2) is 17.1 Å². The lowest BCUT2D eigenvalue weighted by Crippen LogP contribution is -2.16. The minimum absolute atomic E-state index is 0.196. The number of hydrogen-bond acceptors (Lipinski definition) is 3. The summed E-state index contributed by atoms with van der Waals surface area (Å²) in [6.45, 7) is 2.91. The van der Waals surface area contributed by atoms with Crippen molar-refractivity contribution in [2.75, 3.05) is 6.61 Å². The van der Waals surface area contributed by atoms with Crippen LogP contribution in [0.3, 0.4) is 0 Å². The zero-order chi connectivity index (χ0) is 16.9. The van der Waals surface area contributed by atoms with Crippen molar-refractivity contribution in [3.63, 3.8) is 0 Å².